The zero-order valence-electron chi connectivity index (χ0n) is 6.98. The van der Waals surface area contributed by atoms with Crippen LogP contribution in [-0.4, -0.2) is 16.5 Å². The van der Waals surface area contributed by atoms with Crippen LogP contribution in [0.2, 0.25) is 0 Å². The van der Waals surface area contributed by atoms with Gasteiger partial charge in [0.25, 0.3) is 0 Å². The number of hydrogen-bond donors (Lipinski definition) is 1. The molecule has 0 aliphatic rings. The largest absolute Gasteiger partial charge is 0.249 e. The zero-order chi connectivity index (χ0) is 9.52. The minimum absolute atomic E-state index is 0.796. The van der Waals surface area contributed by atoms with Crippen LogP contribution in [0.25, 0.3) is 0 Å². The first-order chi connectivity index (χ1) is 6.34. The van der Waals surface area contributed by atoms with Gasteiger partial charge in [0.05, 0.1) is 0 Å². The molecule has 1 rings (SSSR count). The van der Waals surface area contributed by atoms with E-state index >= 15 is 0 Å². The molecule has 0 aliphatic heterocycles. The fourth-order valence-corrected chi connectivity index (χ4v) is 2.23. The van der Waals surface area contributed by atoms with E-state index in [9.17, 15) is 0 Å². The topological polar surface area (TPSA) is 12.9 Å². The van der Waals surface area contributed by atoms with Gasteiger partial charge in [-0.15, -0.1) is 11.8 Å². The van der Waals surface area contributed by atoms with E-state index in [0.717, 1.165) is 21.0 Å². The van der Waals surface area contributed by atoms with Gasteiger partial charge in [-0.1, -0.05) is 12.2 Å². The third-order valence-electron chi connectivity index (χ3n) is 1.31. The Morgan fingerprint density at radius 3 is 3.08 bits per heavy atom. The monoisotopic (exact) mass is 275 g/mol. The molecule has 0 unspecified atom stereocenters. The van der Waals surface area contributed by atoms with Gasteiger partial charge < -0.3 is 0 Å². The van der Waals surface area contributed by atoms with Crippen molar-refractivity contribution < 1.29 is 0 Å². The Hall–Kier alpha value is 0.0700. The summed E-state index contributed by atoms with van der Waals surface area (Å²) in [7, 11) is 0. The van der Waals surface area contributed by atoms with Crippen molar-refractivity contribution in [3.63, 3.8) is 0 Å². The van der Waals surface area contributed by atoms with Crippen LogP contribution in [0.4, 0.5) is 0 Å². The fourth-order valence-electron chi connectivity index (χ4n) is 0.747. The highest BCUT2D eigenvalue weighted by Crippen LogP contribution is 2.24. The molecule has 70 valence electrons. The normalized spacial score (nSPS) is 10.9. The molecule has 13 heavy (non-hydrogen) atoms. The van der Waals surface area contributed by atoms with E-state index in [4.69, 9.17) is 0 Å². The lowest BCUT2D eigenvalue weighted by atomic mass is 10.5. The number of thioether (sulfide) groups is 1. The van der Waals surface area contributed by atoms with Crippen molar-refractivity contribution in [1.29, 1.82) is 0 Å². The Morgan fingerprint density at radius 2 is 2.38 bits per heavy atom. The quantitative estimate of drug-likeness (QED) is 0.514. The number of thiol groups is 1. The summed E-state index contributed by atoms with van der Waals surface area (Å²) in [6, 6.07) is 3.91. The summed E-state index contributed by atoms with van der Waals surface area (Å²) < 4.78 is 1.05. The molecule has 1 heterocycles. The SMILES string of the molecule is SCC=CCSc1ncccc1Br. The Labute approximate surface area is 96.6 Å². The molecule has 0 atom stereocenters. The Balaban J connectivity index is 2.45. The standard InChI is InChI=1S/C9H10BrNS2/c10-8-4-3-5-11-9(8)13-7-2-1-6-12/h1-5,12H,6-7H2. The van der Waals surface area contributed by atoms with Gasteiger partial charge in [-0.3, -0.25) is 0 Å². The lowest BCUT2D eigenvalue weighted by Crippen LogP contribution is -1.81. The number of halogens is 1. The van der Waals surface area contributed by atoms with Crippen LogP contribution < -0.4 is 0 Å². The zero-order valence-corrected chi connectivity index (χ0v) is 10.3. The second-order valence-corrected chi connectivity index (χ2v) is 4.48. The molecule has 0 bridgehead atoms. The smallest absolute Gasteiger partial charge is 0.110 e. The molecule has 1 aromatic rings. The van der Waals surface area contributed by atoms with Gasteiger partial charge in [-0.2, -0.15) is 12.6 Å². The maximum Gasteiger partial charge on any atom is 0.110 e. The molecular formula is C9H10BrNS2. The summed E-state index contributed by atoms with van der Waals surface area (Å²) in [6.07, 6.45) is 5.93. The van der Waals surface area contributed by atoms with E-state index in [2.05, 4.69) is 39.6 Å². The molecule has 0 saturated carbocycles. The van der Waals surface area contributed by atoms with Crippen molar-refractivity contribution in [1.82, 2.24) is 4.98 Å². The van der Waals surface area contributed by atoms with Crippen molar-refractivity contribution in [3.8, 4) is 0 Å². The van der Waals surface area contributed by atoms with Gasteiger partial charge in [-0.05, 0) is 28.1 Å². The third-order valence-corrected chi connectivity index (χ3v) is 3.38. The first kappa shape index (κ1) is 11.1. The van der Waals surface area contributed by atoms with Crippen LogP contribution in [0.15, 0.2) is 40.0 Å². The summed E-state index contributed by atoms with van der Waals surface area (Å²) in [4.78, 5) is 4.24. The van der Waals surface area contributed by atoms with Gasteiger partial charge in [0.15, 0.2) is 0 Å². The van der Waals surface area contributed by atoms with E-state index in [1.807, 2.05) is 18.2 Å². The summed E-state index contributed by atoms with van der Waals surface area (Å²) in [5.41, 5.74) is 0. The average molecular weight is 276 g/mol. The van der Waals surface area contributed by atoms with Crippen LogP contribution in [-0.2, 0) is 0 Å². The van der Waals surface area contributed by atoms with Crippen molar-refractivity contribution in [2.45, 2.75) is 5.03 Å². The predicted octanol–water partition coefficient (Wildman–Crippen LogP) is 3.42. The fraction of sp³-hybridized carbons (Fsp3) is 0.222. The minimum Gasteiger partial charge on any atom is -0.249 e. The van der Waals surface area contributed by atoms with Gasteiger partial charge in [0, 0.05) is 22.2 Å². The number of hydrogen-bond acceptors (Lipinski definition) is 3. The molecule has 0 spiro atoms. The lowest BCUT2D eigenvalue weighted by molar-refractivity contribution is 1.11. The predicted molar refractivity (Wildman–Crippen MR) is 65.7 cm³/mol. The van der Waals surface area contributed by atoms with Crippen LogP contribution in [0.1, 0.15) is 0 Å². The van der Waals surface area contributed by atoms with Gasteiger partial charge >= 0.3 is 0 Å². The van der Waals surface area contributed by atoms with E-state index in [-0.39, 0.29) is 0 Å². The van der Waals surface area contributed by atoms with Crippen molar-refractivity contribution in [2.75, 3.05) is 11.5 Å². The van der Waals surface area contributed by atoms with E-state index in [1.54, 1.807) is 18.0 Å². The minimum atomic E-state index is 0.796. The van der Waals surface area contributed by atoms with E-state index in [1.165, 1.54) is 0 Å². The summed E-state index contributed by atoms with van der Waals surface area (Å²) in [5, 5.41) is 1.03. The van der Waals surface area contributed by atoms with Crippen LogP contribution in [0.3, 0.4) is 0 Å². The first-order valence-corrected chi connectivity index (χ1v) is 6.25. The molecule has 0 saturated heterocycles. The van der Waals surface area contributed by atoms with Crippen molar-refractivity contribution in [3.05, 3.63) is 35.0 Å². The van der Waals surface area contributed by atoms with Crippen LogP contribution in [0, 0.1) is 0 Å². The molecule has 1 aromatic heterocycles. The number of pyridine rings is 1. The molecule has 0 fully saturated rings. The van der Waals surface area contributed by atoms with E-state index in [0.29, 0.717) is 0 Å². The summed E-state index contributed by atoms with van der Waals surface area (Å²) in [6.45, 7) is 0. The molecular weight excluding hydrogens is 266 g/mol. The summed E-state index contributed by atoms with van der Waals surface area (Å²) in [5.74, 6) is 1.74. The highest BCUT2D eigenvalue weighted by molar-refractivity contribution is 9.10. The number of nitrogens with zero attached hydrogens (tertiary/aromatic N) is 1. The van der Waals surface area contributed by atoms with Gasteiger partial charge in [0.2, 0.25) is 0 Å². The van der Waals surface area contributed by atoms with Crippen molar-refractivity contribution >= 4 is 40.3 Å². The molecule has 0 aliphatic carbocycles. The summed E-state index contributed by atoms with van der Waals surface area (Å²) >= 11 is 9.23. The molecule has 4 heteroatoms. The molecule has 0 amide bonds. The third kappa shape index (κ3) is 4.20. The Kier molecular flexibility index (Phi) is 5.58. The van der Waals surface area contributed by atoms with E-state index < -0.39 is 0 Å². The molecule has 0 aromatic carbocycles. The lowest BCUT2D eigenvalue weighted by Gasteiger charge is -1.98. The molecule has 0 radical (unpaired) electrons. The van der Waals surface area contributed by atoms with Gasteiger partial charge in [-0.25, -0.2) is 4.98 Å². The molecule has 1 nitrogen and oxygen atoms in total. The van der Waals surface area contributed by atoms with Crippen LogP contribution in [0.5, 0.6) is 0 Å². The van der Waals surface area contributed by atoms with Crippen LogP contribution >= 0.6 is 40.3 Å². The Morgan fingerprint density at radius 1 is 1.54 bits per heavy atom. The highest BCUT2D eigenvalue weighted by Gasteiger charge is 1.97. The maximum absolute atomic E-state index is 4.24. The molecule has 0 N–H and O–H groups in total. The number of rotatable bonds is 4. The average Bonchev–Trinajstić information content (AvgIpc) is 2.15. The first-order valence-electron chi connectivity index (χ1n) is 3.83. The Bertz CT molecular complexity index is 289. The van der Waals surface area contributed by atoms with Crippen molar-refractivity contribution in [2.24, 2.45) is 0 Å². The highest BCUT2D eigenvalue weighted by atomic mass is 79.9. The number of aromatic nitrogens is 1. The van der Waals surface area contributed by atoms with Gasteiger partial charge in [0.1, 0.15) is 5.03 Å². The second-order valence-electron chi connectivity index (χ2n) is 2.26. The maximum atomic E-state index is 4.24. The second kappa shape index (κ2) is 6.51.